The van der Waals surface area contributed by atoms with E-state index in [2.05, 4.69) is 5.32 Å². The van der Waals surface area contributed by atoms with Crippen LogP contribution < -0.4 is 16.0 Å². The number of nitrogens with two attached hydrogens (primary N) is 1. The Morgan fingerprint density at radius 1 is 1.58 bits per heavy atom. The Kier molecular flexibility index (Phi) is 4.04. The third kappa shape index (κ3) is 3.23. The highest BCUT2D eigenvalue weighted by molar-refractivity contribution is 5.73. The van der Waals surface area contributed by atoms with E-state index in [1.165, 1.54) is 13.0 Å². The highest BCUT2D eigenvalue weighted by Gasteiger charge is 2.25. The van der Waals surface area contributed by atoms with Crippen LogP contribution >= 0.6 is 0 Å². The van der Waals surface area contributed by atoms with Crippen molar-refractivity contribution in [1.29, 1.82) is 0 Å². The van der Waals surface area contributed by atoms with Gasteiger partial charge in [-0.1, -0.05) is 6.07 Å². The first-order valence-corrected chi connectivity index (χ1v) is 6.54. The van der Waals surface area contributed by atoms with E-state index >= 15 is 0 Å². The molecule has 0 saturated carbocycles. The molecule has 1 aromatic carbocycles. The zero-order valence-electron chi connectivity index (χ0n) is 11.3. The van der Waals surface area contributed by atoms with Gasteiger partial charge in [0.2, 0.25) is 5.91 Å². The maximum absolute atomic E-state index is 14.1. The fraction of sp³-hybridized carbons (Fsp3) is 0.500. The third-order valence-electron chi connectivity index (χ3n) is 3.43. The summed E-state index contributed by atoms with van der Waals surface area (Å²) in [5.74, 6) is -0.294. The van der Waals surface area contributed by atoms with Crippen LogP contribution in [0, 0.1) is 5.82 Å². The summed E-state index contributed by atoms with van der Waals surface area (Å²) in [4.78, 5) is 13.0. The van der Waals surface area contributed by atoms with E-state index in [1.807, 2.05) is 17.9 Å². The quantitative estimate of drug-likeness (QED) is 0.872. The number of nitrogens with one attached hydrogen (secondary N) is 1. The fourth-order valence-corrected chi connectivity index (χ4v) is 2.45. The van der Waals surface area contributed by atoms with Gasteiger partial charge in [0.05, 0.1) is 5.69 Å². The van der Waals surface area contributed by atoms with E-state index in [0.29, 0.717) is 12.2 Å². The fourth-order valence-electron chi connectivity index (χ4n) is 2.45. The van der Waals surface area contributed by atoms with Gasteiger partial charge in [-0.2, -0.15) is 0 Å². The SMILES string of the molecule is CC(=O)NC1CCN(c2ccc(C(C)N)cc2F)C1. The molecule has 2 unspecified atom stereocenters. The number of hydrogen-bond donors (Lipinski definition) is 2. The molecule has 1 aliphatic rings. The monoisotopic (exact) mass is 265 g/mol. The lowest BCUT2D eigenvalue weighted by molar-refractivity contribution is -0.119. The Bertz CT molecular complexity index is 476. The Morgan fingerprint density at radius 3 is 2.89 bits per heavy atom. The van der Waals surface area contributed by atoms with Gasteiger partial charge in [-0.05, 0) is 31.0 Å². The molecule has 0 aliphatic carbocycles. The van der Waals surface area contributed by atoms with Crippen LogP contribution in [-0.4, -0.2) is 25.0 Å². The minimum atomic E-state index is -0.252. The van der Waals surface area contributed by atoms with E-state index in [1.54, 1.807) is 6.07 Å². The van der Waals surface area contributed by atoms with E-state index in [9.17, 15) is 9.18 Å². The standard InChI is InChI=1S/C14H20FN3O/c1-9(16)11-3-4-14(13(15)7-11)18-6-5-12(8-18)17-10(2)19/h3-4,7,9,12H,5-6,8,16H2,1-2H3,(H,17,19). The van der Waals surface area contributed by atoms with Gasteiger partial charge in [-0.3, -0.25) is 4.79 Å². The third-order valence-corrected chi connectivity index (χ3v) is 3.43. The number of hydrogen-bond acceptors (Lipinski definition) is 3. The smallest absolute Gasteiger partial charge is 0.217 e. The first-order valence-electron chi connectivity index (χ1n) is 6.54. The van der Waals surface area contributed by atoms with Crippen LogP contribution in [0.15, 0.2) is 18.2 Å². The van der Waals surface area contributed by atoms with E-state index in [4.69, 9.17) is 5.73 Å². The average Bonchev–Trinajstić information content (AvgIpc) is 2.76. The lowest BCUT2D eigenvalue weighted by Gasteiger charge is -2.20. The highest BCUT2D eigenvalue weighted by Crippen LogP contribution is 2.26. The van der Waals surface area contributed by atoms with Crippen molar-refractivity contribution in [2.24, 2.45) is 5.73 Å². The largest absolute Gasteiger partial charge is 0.367 e. The summed E-state index contributed by atoms with van der Waals surface area (Å²) in [6.07, 6.45) is 0.841. The van der Waals surface area contributed by atoms with Crippen LogP contribution in [-0.2, 0) is 4.79 Å². The van der Waals surface area contributed by atoms with Crippen LogP contribution in [0.5, 0.6) is 0 Å². The minimum absolute atomic E-state index is 0.0420. The molecule has 1 amide bonds. The molecular weight excluding hydrogens is 245 g/mol. The van der Waals surface area contributed by atoms with Gasteiger partial charge >= 0.3 is 0 Å². The van der Waals surface area contributed by atoms with Gasteiger partial charge in [0.15, 0.2) is 0 Å². The van der Waals surface area contributed by atoms with Gasteiger partial charge in [0.1, 0.15) is 5.82 Å². The summed E-state index contributed by atoms with van der Waals surface area (Å²) in [5.41, 5.74) is 7.11. The van der Waals surface area contributed by atoms with Crippen LogP contribution in [0.3, 0.4) is 0 Å². The van der Waals surface area contributed by atoms with Crippen LogP contribution in [0.4, 0.5) is 10.1 Å². The van der Waals surface area contributed by atoms with Gasteiger partial charge in [-0.15, -0.1) is 0 Å². The minimum Gasteiger partial charge on any atom is -0.367 e. The first-order chi connectivity index (χ1) is 8.97. The molecule has 0 bridgehead atoms. The number of benzene rings is 1. The zero-order valence-corrected chi connectivity index (χ0v) is 11.3. The van der Waals surface area contributed by atoms with Crippen molar-refractivity contribution in [3.8, 4) is 0 Å². The Balaban J connectivity index is 2.09. The average molecular weight is 265 g/mol. The van der Waals surface area contributed by atoms with Crippen LogP contribution in [0.1, 0.15) is 31.9 Å². The van der Waals surface area contributed by atoms with Gasteiger partial charge < -0.3 is 16.0 Å². The van der Waals surface area contributed by atoms with Crippen molar-refractivity contribution >= 4 is 11.6 Å². The van der Waals surface area contributed by atoms with Crippen molar-refractivity contribution in [1.82, 2.24) is 5.32 Å². The summed E-state index contributed by atoms with van der Waals surface area (Å²) in [7, 11) is 0. The molecule has 1 aromatic rings. The van der Waals surface area contributed by atoms with Crippen molar-refractivity contribution in [2.75, 3.05) is 18.0 Å². The predicted octanol–water partition coefficient (Wildman–Crippen LogP) is 1.56. The molecule has 3 N–H and O–H groups in total. The summed E-state index contributed by atoms with van der Waals surface area (Å²) in [6.45, 7) is 4.73. The van der Waals surface area contributed by atoms with Crippen molar-refractivity contribution in [2.45, 2.75) is 32.4 Å². The van der Waals surface area contributed by atoms with Crippen molar-refractivity contribution < 1.29 is 9.18 Å². The lowest BCUT2D eigenvalue weighted by Crippen LogP contribution is -2.35. The molecule has 0 aromatic heterocycles. The highest BCUT2D eigenvalue weighted by atomic mass is 19.1. The molecule has 0 spiro atoms. The van der Waals surface area contributed by atoms with Gasteiger partial charge in [-0.25, -0.2) is 4.39 Å². The van der Waals surface area contributed by atoms with Crippen molar-refractivity contribution in [3.05, 3.63) is 29.6 Å². The molecule has 0 radical (unpaired) electrons. The number of carbonyl (C=O) groups is 1. The maximum Gasteiger partial charge on any atom is 0.217 e. The Hall–Kier alpha value is -1.62. The van der Waals surface area contributed by atoms with E-state index in [0.717, 1.165) is 18.5 Å². The number of carbonyl (C=O) groups excluding carboxylic acids is 1. The summed E-state index contributed by atoms with van der Waals surface area (Å²) < 4.78 is 14.1. The number of rotatable bonds is 3. The second-order valence-electron chi connectivity index (χ2n) is 5.13. The summed E-state index contributed by atoms with van der Waals surface area (Å²) in [6, 6.07) is 5.05. The second-order valence-corrected chi connectivity index (χ2v) is 5.13. The molecule has 2 atom stereocenters. The number of nitrogens with zero attached hydrogens (tertiary/aromatic N) is 1. The number of halogens is 1. The summed E-state index contributed by atoms with van der Waals surface area (Å²) in [5, 5.41) is 2.87. The molecule has 1 heterocycles. The second kappa shape index (κ2) is 5.57. The molecule has 19 heavy (non-hydrogen) atoms. The normalized spacial score (nSPS) is 20.4. The zero-order chi connectivity index (χ0) is 14.0. The van der Waals surface area contributed by atoms with Gasteiger partial charge in [0.25, 0.3) is 0 Å². The molecule has 1 aliphatic heterocycles. The molecule has 4 nitrogen and oxygen atoms in total. The van der Waals surface area contributed by atoms with Crippen LogP contribution in [0.2, 0.25) is 0 Å². The molecule has 2 rings (SSSR count). The molecule has 1 saturated heterocycles. The molecule has 104 valence electrons. The summed E-state index contributed by atoms with van der Waals surface area (Å²) >= 11 is 0. The molecule has 1 fully saturated rings. The lowest BCUT2D eigenvalue weighted by atomic mass is 10.1. The predicted molar refractivity (Wildman–Crippen MR) is 73.4 cm³/mol. The van der Waals surface area contributed by atoms with Gasteiger partial charge in [0, 0.05) is 32.1 Å². The molecular formula is C14H20FN3O. The van der Waals surface area contributed by atoms with E-state index in [-0.39, 0.29) is 23.8 Å². The van der Waals surface area contributed by atoms with Crippen LogP contribution in [0.25, 0.3) is 0 Å². The van der Waals surface area contributed by atoms with E-state index < -0.39 is 0 Å². The number of anilines is 1. The molecule has 5 heteroatoms. The Morgan fingerprint density at radius 2 is 2.32 bits per heavy atom. The number of amides is 1. The first kappa shape index (κ1) is 13.8. The topological polar surface area (TPSA) is 58.4 Å². The Labute approximate surface area is 112 Å². The van der Waals surface area contributed by atoms with Crippen molar-refractivity contribution in [3.63, 3.8) is 0 Å². The maximum atomic E-state index is 14.1.